The number of benzene rings is 1. The maximum Gasteiger partial charge on any atom is 0.231 e. The molecule has 0 bridgehead atoms. The Morgan fingerprint density at radius 2 is 2.00 bits per heavy atom. The molecule has 5 rings (SSSR count). The van der Waals surface area contributed by atoms with E-state index in [-0.39, 0.29) is 6.79 Å². The van der Waals surface area contributed by atoms with Gasteiger partial charge in [0.05, 0.1) is 6.54 Å². The third-order valence-corrected chi connectivity index (χ3v) is 5.30. The SMILES string of the molecule is Cn1ccnc1CN1CCC(c2nc(-c3ccc4c(c3)OCO4)no2)CC1. The lowest BCUT2D eigenvalue weighted by Gasteiger charge is -2.29. The van der Waals surface area contributed by atoms with Crippen molar-refractivity contribution in [1.29, 1.82) is 0 Å². The van der Waals surface area contributed by atoms with Crippen LogP contribution in [0, 0.1) is 0 Å². The summed E-state index contributed by atoms with van der Waals surface area (Å²) < 4.78 is 18.4. The van der Waals surface area contributed by atoms with E-state index in [1.807, 2.05) is 37.6 Å². The van der Waals surface area contributed by atoms with Crippen molar-refractivity contribution in [1.82, 2.24) is 24.6 Å². The van der Waals surface area contributed by atoms with Crippen molar-refractivity contribution >= 4 is 0 Å². The summed E-state index contributed by atoms with van der Waals surface area (Å²) in [4.78, 5) is 11.5. The van der Waals surface area contributed by atoms with Crippen molar-refractivity contribution in [2.75, 3.05) is 19.9 Å². The second-order valence-electron chi connectivity index (χ2n) is 7.03. The van der Waals surface area contributed by atoms with E-state index in [2.05, 4.69) is 24.6 Å². The molecule has 2 aromatic heterocycles. The van der Waals surface area contributed by atoms with Gasteiger partial charge in [-0.05, 0) is 44.1 Å². The zero-order valence-electron chi connectivity index (χ0n) is 15.2. The van der Waals surface area contributed by atoms with Gasteiger partial charge in [0.1, 0.15) is 5.82 Å². The molecule has 0 radical (unpaired) electrons. The molecule has 0 spiro atoms. The van der Waals surface area contributed by atoms with Gasteiger partial charge in [0.2, 0.25) is 18.5 Å². The number of rotatable bonds is 4. The average Bonchev–Trinajstić information content (AvgIpc) is 3.43. The monoisotopic (exact) mass is 367 g/mol. The molecule has 27 heavy (non-hydrogen) atoms. The van der Waals surface area contributed by atoms with Gasteiger partial charge < -0.3 is 18.6 Å². The van der Waals surface area contributed by atoms with Crippen LogP contribution in [-0.2, 0) is 13.6 Å². The maximum atomic E-state index is 5.57. The van der Waals surface area contributed by atoms with Crippen LogP contribution in [0.4, 0.5) is 0 Å². The summed E-state index contributed by atoms with van der Waals surface area (Å²) in [6.45, 7) is 3.13. The number of ether oxygens (including phenoxy) is 2. The Hall–Kier alpha value is -2.87. The highest BCUT2D eigenvalue weighted by atomic mass is 16.7. The first-order valence-corrected chi connectivity index (χ1v) is 9.18. The van der Waals surface area contributed by atoms with Gasteiger partial charge in [-0.15, -0.1) is 0 Å². The zero-order valence-corrected chi connectivity index (χ0v) is 15.2. The molecule has 8 nitrogen and oxygen atoms in total. The molecular weight excluding hydrogens is 346 g/mol. The fourth-order valence-electron chi connectivity index (χ4n) is 3.64. The molecule has 3 aromatic rings. The Kier molecular flexibility index (Phi) is 4.05. The molecule has 0 saturated carbocycles. The number of aromatic nitrogens is 4. The van der Waals surface area contributed by atoms with Gasteiger partial charge in [0.15, 0.2) is 11.5 Å². The molecule has 2 aliphatic rings. The summed E-state index contributed by atoms with van der Waals surface area (Å²) in [6.07, 6.45) is 5.84. The van der Waals surface area contributed by atoms with Gasteiger partial charge in [-0.3, -0.25) is 4.90 Å². The van der Waals surface area contributed by atoms with Gasteiger partial charge in [0.25, 0.3) is 0 Å². The number of imidazole rings is 1. The zero-order chi connectivity index (χ0) is 18.2. The minimum atomic E-state index is 0.257. The lowest BCUT2D eigenvalue weighted by Crippen LogP contribution is -2.33. The van der Waals surface area contributed by atoms with Crippen LogP contribution in [0.3, 0.4) is 0 Å². The van der Waals surface area contributed by atoms with Gasteiger partial charge in [0, 0.05) is 30.9 Å². The fourth-order valence-corrected chi connectivity index (χ4v) is 3.64. The van der Waals surface area contributed by atoms with Crippen molar-refractivity contribution in [3.8, 4) is 22.9 Å². The summed E-state index contributed by atoms with van der Waals surface area (Å²) in [5, 5.41) is 4.17. The number of piperidine rings is 1. The Balaban J connectivity index is 1.24. The highest BCUT2D eigenvalue weighted by Gasteiger charge is 2.26. The molecule has 0 aliphatic carbocycles. The number of aryl methyl sites for hydroxylation is 1. The first kappa shape index (κ1) is 16.3. The Morgan fingerprint density at radius 3 is 2.81 bits per heavy atom. The van der Waals surface area contributed by atoms with Crippen LogP contribution >= 0.6 is 0 Å². The van der Waals surface area contributed by atoms with Crippen molar-refractivity contribution in [2.45, 2.75) is 25.3 Å². The Morgan fingerprint density at radius 1 is 1.15 bits per heavy atom. The Bertz CT molecular complexity index is 942. The number of likely N-dealkylation sites (tertiary alicyclic amines) is 1. The normalized spacial score (nSPS) is 17.5. The maximum absolute atomic E-state index is 5.57. The molecule has 1 aromatic carbocycles. The average molecular weight is 367 g/mol. The summed E-state index contributed by atoms with van der Waals surface area (Å²) in [6, 6.07) is 5.70. The van der Waals surface area contributed by atoms with Crippen molar-refractivity contribution in [2.24, 2.45) is 7.05 Å². The van der Waals surface area contributed by atoms with E-state index in [1.165, 1.54) is 0 Å². The predicted molar refractivity (Wildman–Crippen MR) is 96.3 cm³/mol. The summed E-state index contributed by atoms with van der Waals surface area (Å²) in [7, 11) is 2.03. The summed E-state index contributed by atoms with van der Waals surface area (Å²) >= 11 is 0. The molecule has 0 unspecified atom stereocenters. The standard InChI is InChI=1S/C19H21N5O3/c1-23-9-6-20-17(23)11-24-7-4-13(5-8-24)19-21-18(22-27-19)14-2-3-15-16(10-14)26-12-25-15/h2-3,6,9-10,13H,4-5,7-8,11-12H2,1H3. The van der Waals surface area contributed by atoms with Crippen LogP contribution in [-0.4, -0.2) is 44.5 Å². The molecule has 1 fully saturated rings. The van der Waals surface area contributed by atoms with Crippen LogP contribution in [0.25, 0.3) is 11.4 Å². The van der Waals surface area contributed by atoms with Crippen LogP contribution in [0.2, 0.25) is 0 Å². The predicted octanol–water partition coefficient (Wildman–Crippen LogP) is 2.58. The fraction of sp³-hybridized carbons (Fsp3) is 0.421. The smallest absolute Gasteiger partial charge is 0.231 e. The molecule has 140 valence electrons. The van der Waals surface area contributed by atoms with E-state index in [4.69, 9.17) is 14.0 Å². The lowest BCUT2D eigenvalue weighted by molar-refractivity contribution is 0.174. The third kappa shape index (κ3) is 3.16. The van der Waals surface area contributed by atoms with Crippen LogP contribution in [0.1, 0.15) is 30.5 Å². The topological polar surface area (TPSA) is 78.4 Å². The van der Waals surface area contributed by atoms with E-state index in [1.54, 1.807) is 0 Å². The van der Waals surface area contributed by atoms with Crippen molar-refractivity contribution in [3.63, 3.8) is 0 Å². The van der Waals surface area contributed by atoms with Gasteiger partial charge in [-0.2, -0.15) is 4.98 Å². The quantitative estimate of drug-likeness (QED) is 0.701. The molecule has 0 amide bonds. The highest BCUT2D eigenvalue weighted by Crippen LogP contribution is 2.36. The van der Waals surface area contributed by atoms with Crippen LogP contribution in [0.5, 0.6) is 11.5 Å². The summed E-state index contributed by atoms with van der Waals surface area (Å²) in [5.41, 5.74) is 0.876. The number of nitrogens with zero attached hydrogens (tertiary/aromatic N) is 5. The molecular formula is C19H21N5O3. The van der Waals surface area contributed by atoms with Gasteiger partial charge >= 0.3 is 0 Å². The van der Waals surface area contributed by atoms with Crippen molar-refractivity contribution < 1.29 is 14.0 Å². The highest BCUT2D eigenvalue weighted by molar-refractivity contribution is 5.61. The molecule has 2 aliphatic heterocycles. The van der Waals surface area contributed by atoms with E-state index in [0.29, 0.717) is 11.7 Å². The molecule has 1 saturated heterocycles. The van der Waals surface area contributed by atoms with Gasteiger partial charge in [-0.1, -0.05) is 5.16 Å². The second-order valence-corrected chi connectivity index (χ2v) is 7.03. The largest absolute Gasteiger partial charge is 0.454 e. The van der Waals surface area contributed by atoms with E-state index in [0.717, 1.165) is 61.3 Å². The van der Waals surface area contributed by atoms with E-state index < -0.39 is 0 Å². The molecule has 4 heterocycles. The van der Waals surface area contributed by atoms with E-state index in [9.17, 15) is 0 Å². The minimum Gasteiger partial charge on any atom is -0.454 e. The molecule has 0 atom stereocenters. The number of fused-ring (bicyclic) bond motifs is 1. The first-order valence-electron chi connectivity index (χ1n) is 9.18. The Labute approximate surface area is 156 Å². The minimum absolute atomic E-state index is 0.257. The first-order chi connectivity index (χ1) is 13.3. The van der Waals surface area contributed by atoms with Gasteiger partial charge in [-0.25, -0.2) is 4.98 Å². The van der Waals surface area contributed by atoms with Crippen molar-refractivity contribution in [3.05, 3.63) is 42.3 Å². The number of hydrogen-bond donors (Lipinski definition) is 0. The van der Waals surface area contributed by atoms with Crippen LogP contribution < -0.4 is 9.47 Å². The third-order valence-electron chi connectivity index (χ3n) is 5.30. The van der Waals surface area contributed by atoms with Crippen LogP contribution in [0.15, 0.2) is 35.1 Å². The number of hydrogen-bond acceptors (Lipinski definition) is 7. The van der Waals surface area contributed by atoms with E-state index >= 15 is 0 Å². The summed E-state index contributed by atoms with van der Waals surface area (Å²) in [5.74, 6) is 4.19. The molecule has 0 N–H and O–H groups in total. The molecule has 8 heteroatoms. The second kappa shape index (κ2) is 6.70. The lowest BCUT2D eigenvalue weighted by atomic mass is 9.97.